The summed E-state index contributed by atoms with van der Waals surface area (Å²) in [6, 6.07) is 42.6. The van der Waals surface area contributed by atoms with Crippen LogP contribution in [-0.4, -0.2) is 9.13 Å². The van der Waals surface area contributed by atoms with Crippen LogP contribution in [0.5, 0.6) is 0 Å². The molecule has 0 aliphatic rings. The number of rotatable bonds is 2. The van der Waals surface area contributed by atoms with E-state index in [-0.39, 0.29) is 0 Å². The summed E-state index contributed by atoms with van der Waals surface area (Å²) < 4.78 is 6.94. The molecule has 0 spiro atoms. The second-order valence-electron chi connectivity index (χ2n) is 11.3. The van der Waals surface area contributed by atoms with Crippen LogP contribution in [0.3, 0.4) is 0 Å². The van der Waals surface area contributed by atoms with Gasteiger partial charge in [-0.15, -0.1) is 11.3 Å². The van der Waals surface area contributed by atoms with E-state index in [2.05, 4.69) is 112 Å². The Balaban J connectivity index is 1.36. The van der Waals surface area contributed by atoms with E-state index >= 15 is 0 Å². The lowest BCUT2D eigenvalue weighted by molar-refractivity contribution is 1.19. The van der Waals surface area contributed by atoms with Crippen molar-refractivity contribution >= 4 is 80.8 Å². The first-order valence-corrected chi connectivity index (χ1v) is 15.3. The number of hydrogen-bond acceptors (Lipinski definition) is 2. The standard InChI is InChI=1S/C39H22N4S/c1-23-11-14-36-29(17-23)27-7-4-6-10-34(27)43(36)37-19-24(22-40)18-32-31-21-26(13-16-38(31)44-39(32)37)42-33-9-5-3-8-28(33)30-20-25(41-2)12-15-35(30)42/h3-21H,1H3. The van der Waals surface area contributed by atoms with Gasteiger partial charge in [-0.05, 0) is 79.0 Å². The molecule has 0 saturated heterocycles. The molecule has 0 saturated carbocycles. The fourth-order valence-corrected chi connectivity index (χ4v) is 8.04. The Bertz CT molecular complexity index is 2760. The monoisotopic (exact) mass is 578 g/mol. The van der Waals surface area contributed by atoms with Gasteiger partial charge in [0.2, 0.25) is 0 Å². The molecule has 4 nitrogen and oxygen atoms in total. The number of thiophene rings is 1. The highest BCUT2D eigenvalue weighted by Gasteiger charge is 2.19. The molecule has 0 amide bonds. The molecule has 0 aliphatic carbocycles. The van der Waals surface area contributed by atoms with Crippen molar-refractivity contribution in [1.29, 1.82) is 5.26 Å². The van der Waals surface area contributed by atoms with Crippen LogP contribution in [0.4, 0.5) is 5.69 Å². The maximum Gasteiger partial charge on any atom is 0.188 e. The summed E-state index contributed by atoms with van der Waals surface area (Å²) in [4.78, 5) is 3.68. The first-order chi connectivity index (χ1) is 21.6. The molecule has 5 heteroatoms. The molecule has 0 bridgehead atoms. The molecule has 0 fully saturated rings. The van der Waals surface area contributed by atoms with Crippen LogP contribution in [0.1, 0.15) is 11.1 Å². The van der Waals surface area contributed by atoms with Crippen molar-refractivity contribution in [3.8, 4) is 17.4 Å². The van der Waals surface area contributed by atoms with Gasteiger partial charge >= 0.3 is 0 Å². The average molecular weight is 579 g/mol. The van der Waals surface area contributed by atoms with Gasteiger partial charge in [0.15, 0.2) is 5.69 Å². The zero-order chi connectivity index (χ0) is 29.5. The summed E-state index contributed by atoms with van der Waals surface area (Å²) in [7, 11) is 0. The Morgan fingerprint density at radius 3 is 2.09 bits per heavy atom. The lowest BCUT2D eigenvalue weighted by atomic mass is 10.1. The van der Waals surface area contributed by atoms with E-state index in [0.29, 0.717) is 11.3 Å². The Labute approximate surface area is 256 Å². The Morgan fingerprint density at radius 1 is 0.636 bits per heavy atom. The first kappa shape index (κ1) is 24.7. The highest BCUT2D eigenvalue weighted by molar-refractivity contribution is 7.26. The van der Waals surface area contributed by atoms with E-state index in [1.54, 1.807) is 11.3 Å². The van der Waals surface area contributed by atoms with E-state index in [1.807, 2.05) is 30.3 Å². The topological polar surface area (TPSA) is 38.0 Å². The van der Waals surface area contributed by atoms with Crippen LogP contribution in [0.15, 0.2) is 115 Å². The third kappa shape index (κ3) is 3.36. The van der Waals surface area contributed by atoms with Crippen molar-refractivity contribution < 1.29 is 0 Å². The largest absolute Gasteiger partial charge is 0.309 e. The number of benzene rings is 6. The molecule has 44 heavy (non-hydrogen) atoms. The summed E-state index contributed by atoms with van der Waals surface area (Å²) in [5.41, 5.74) is 9.01. The van der Waals surface area contributed by atoms with Crippen LogP contribution in [0, 0.1) is 24.8 Å². The van der Waals surface area contributed by atoms with Crippen molar-refractivity contribution in [2.75, 3.05) is 0 Å². The van der Waals surface area contributed by atoms with Crippen molar-refractivity contribution in [2.24, 2.45) is 0 Å². The van der Waals surface area contributed by atoms with Crippen LogP contribution < -0.4 is 0 Å². The third-order valence-electron chi connectivity index (χ3n) is 8.78. The summed E-state index contributed by atoms with van der Waals surface area (Å²) >= 11 is 1.77. The van der Waals surface area contributed by atoms with Crippen LogP contribution >= 0.6 is 11.3 Å². The summed E-state index contributed by atoms with van der Waals surface area (Å²) in [6.07, 6.45) is 0. The highest BCUT2D eigenvalue weighted by atomic mass is 32.1. The zero-order valence-corrected chi connectivity index (χ0v) is 24.5. The maximum absolute atomic E-state index is 10.2. The number of fused-ring (bicyclic) bond motifs is 9. The van der Waals surface area contributed by atoms with Crippen LogP contribution in [0.2, 0.25) is 0 Å². The molecule has 9 rings (SSSR count). The number of aryl methyl sites for hydroxylation is 1. The zero-order valence-electron chi connectivity index (χ0n) is 23.7. The number of nitriles is 1. The predicted molar refractivity (Wildman–Crippen MR) is 184 cm³/mol. The van der Waals surface area contributed by atoms with E-state index < -0.39 is 0 Å². The molecule has 3 heterocycles. The van der Waals surface area contributed by atoms with E-state index in [9.17, 15) is 5.26 Å². The van der Waals surface area contributed by atoms with Gasteiger partial charge < -0.3 is 9.13 Å². The minimum Gasteiger partial charge on any atom is -0.309 e. The van der Waals surface area contributed by atoms with Crippen molar-refractivity contribution in [3.05, 3.63) is 138 Å². The van der Waals surface area contributed by atoms with Gasteiger partial charge in [-0.25, -0.2) is 4.85 Å². The Kier molecular flexibility index (Phi) is 5.08. The normalized spacial score (nSPS) is 11.7. The molecule has 0 radical (unpaired) electrons. The van der Waals surface area contributed by atoms with Gasteiger partial charge in [-0.3, -0.25) is 0 Å². The van der Waals surface area contributed by atoms with Gasteiger partial charge in [0.25, 0.3) is 0 Å². The molecular formula is C39H22N4S. The third-order valence-corrected chi connectivity index (χ3v) is 9.99. The van der Waals surface area contributed by atoms with E-state index in [4.69, 9.17) is 6.57 Å². The summed E-state index contributed by atoms with van der Waals surface area (Å²) in [6.45, 7) is 9.67. The van der Waals surface area contributed by atoms with E-state index in [0.717, 1.165) is 59.7 Å². The fourth-order valence-electron chi connectivity index (χ4n) is 6.87. The van der Waals surface area contributed by atoms with Gasteiger partial charge in [-0.1, -0.05) is 54.1 Å². The minimum atomic E-state index is 0.636. The van der Waals surface area contributed by atoms with Crippen molar-refractivity contribution in [2.45, 2.75) is 6.92 Å². The second-order valence-corrected chi connectivity index (χ2v) is 12.4. The predicted octanol–water partition coefficient (Wildman–Crippen LogP) is 11.0. The molecular weight excluding hydrogens is 557 g/mol. The van der Waals surface area contributed by atoms with Gasteiger partial charge in [0.05, 0.1) is 50.7 Å². The summed E-state index contributed by atoms with van der Waals surface area (Å²) in [5, 5.41) is 17.0. The van der Waals surface area contributed by atoms with Crippen LogP contribution in [-0.2, 0) is 0 Å². The van der Waals surface area contributed by atoms with Crippen molar-refractivity contribution in [1.82, 2.24) is 9.13 Å². The second kappa shape index (κ2) is 9.06. The Hall–Kier alpha value is -5.88. The van der Waals surface area contributed by atoms with E-state index in [1.165, 1.54) is 21.0 Å². The molecule has 0 unspecified atom stereocenters. The quantitative estimate of drug-likeness (QED) is 0.188. The maximum atomic E-state index is 10.2. The number of para-hydroxylation sites is 2. The molecule has 3 aromatic heterocycles. The van der Waals surface area contributed by atoms with Crippen LogP contribution in [0.25, 0.3) is 80.0 Å². The molecule has 0 N–H and O–H groups in total. The Morgan fingerprint density at radius 2 is 1.32 bits per heavy atom. The van der Waals surface area contributed by atoms with Gasteiger partial charge in [-0.2, -0.15) is 5.26 Å². The van der Waals surface area contributed by atoms with Gasteiger partial charge in [0.1, 0.15) is 0 Å². The molecule has 0 aliphatic heterocycles. The molecule has 0 atom stereocenters. The smallest absolute Gasteiger partial charge is 0.188 e. The molecule has 9 aromatic rings. The SMILES string of the molecule is [C-]#[N+]c1ccc2c(c1)c1ccccc1n2-c1ccc2sc3c(-n4c5ccccc5c5cc(C)ccc54)cc(C#N)cc3c2c1. The highest BCUT2D eigenvalue weighted by Crippen LogP contribution is 2.43. The molecule has 6 aromatic carbocycles. The molecule has 204 valence electrons. The number of hydrogen-bond donors (Lipinski definition) is 0. The lowest BCUT2D eigenvalue weighted by Gasteiger charge is -2.10. The van der Waals surface area contributed by atoms with Gasteiger partial charge in [0, 0.05) is 37.3 Å². The lowest BCUT2D eigenvalue weighted by Crippen LogP contribution is -1.95. The summed E-state index contributed by atoms with van der Waals surface area (Å²) in [5.74, 6) is 0. The first-order valence-electron chi connectivity index (χ1n) is 14.4. The number of nitrogens with zero attached hydrogens (tertiary/aromatic N) is 4. The average Bonchev–Trinajstić information content (AvgIpc) is 3.71. The number of aromatic nitrogens is 2. The fraction of sp³-hybridized carbons (Fsp3) is 0.0256. The van der Waals surface area contributed by atoms with Crippen molar-refractivity contribution in [3.63, 3.8) is 0 Å². The minimum absolute atomic E-state index is 0.636.